The standard InChI is InChI=1S/C15H14BrNO2/c1-19-14-2-3-15(16)12(10-14)9-13(18)8-11-4-6-17-7-5-11/h2-7,10H,8-9H2,1H3. The Labute approximate surface area is 120 Å². The fourth-order valence-corrected chi connectivity index (χ4v) is 2.20. The van der Waals surface area contributed by atoms with Crippen LogP contribution in [0.25, 0.3) is 0 Å². The molecule has 0 fully saturated rings. The number of aromatic nitrogens is 1. The van der Waals surface area contributed by atoms with Crippen molar-refractivity contribution in [3.05, 3.63) is 58.3 Å². The molecule has 2 rings (SSSR count). The molecule has 0 saturated heterocycles. The zero-order valence-corrected chi connectivity index (χ0v) is 12.2. The highest BCUT2D eigenvalue weighted by Crippen LogP contribution is 2.23. The van der Waals surface area contributed by atoms with Gasteiger partial charge in [0.2, 0.25) is 0 Å². The maximum atomic E-state index is 12.1. The summed E-state index contributed by atoms with van der Waals surface area (Å²) in [7, 11) is 1.62. The third-order valence-corrected chi connectivity index (χ3v) is 3.56. The SMILES string of the molecule is COc1ccc(Br)c(CC(=O)Cc2ccncc2)c1. The second-order valence-corrected chi connectivity index (χ2v) is 5.06. The fourth-order valence-electron chi connectivity index (χ4n) is 1.82. The molecule has 98 valence electrons. The van der Waals surface area contributed by atoms with Gasteiger partial charge in [0.05, 0.1) is 7.11 Å². The second kappa shape index (κ2) is 6.48. The van der Waals surface area contributed by atoms with E-state index in [4.69, 9.17) is 4.74 Å². The Kier molecular flexibility index (Phi) is 4.68. The summed E-state index contributed by atoms with van der Waals surface area (Å²) in [6.07, 6.45) is 4.21. The topological polar surface area (TPSA) is 39.2 Å². The monoisotopic (exact) mass is 319 g/mol. The summed E-state index contributed by atoms with van der Waals surface area (Å²) in [5.41, 5.74) is 1.93. The van der Waals surface area contributed by atoms with Crippen LogP contribution in [0, 0.1) is 0 Å². The molecule has 1 aromatic heterocycles. The number of Topliss-reactive ketones (excluding diaryl/α,β-unsaturated/α-hetero) is 1. The van der Waals surface area contributed by atoms with Gasteiger partial charge in [0, 0.05) is 29.7 Å². The predicted molar refractivity (Wildman–Crippen MR) is 77.3 cm³/mol. The van der Waals surface area contributed by atoms with E-state index >= 15 is 0 Å². The van der Waals surface area contributed by atoms with Gasteiger partial charge in [0.15, 0.2) is 0 Å². The average molecular weight is 320 g/mol. The van der Waals surface area contributed by atoms with Crippen LogP contribution in [0.5, 0.6) is 5.75 Å². The van der Waals surface area contributed by atoms with Crippen LogP contribution in [0.15, 0.2) is 47.2 Å². The number of hydrogen-bond acceptors (Lipinski definition) is 3. The molecule has 0 bridgehead atoms. The minimum Gasteiger partial charge on any atom is -0.497 e. The third kappa shape index (κ3) is 3.89. The molecule has 0 saturated carbocycles. The minimum absolute atomic E-state index is 0.167. The Hall–Kier alpha value is -1.68. The van der Waals surface area contributed by atoms with E-state index in [0.717, 1.165) is 21.3 Å². The van der Waals surface area contributed by atoms with E-state index in [1.807, 2.05) is 30.3 Å². The number of carbonyl (C=O) groups excluding carboxylic acids is 1. The Morgan fingerprint density at radius 1 is 1.21 bits per heavy atom. The lowest BCUT2D eigenvalue weighted by Gasteiger charge is -2.07. The van der Waals surface area contributed by atoms with E-state index in [1.54, 1.807) is 19.5 Å². The van der Waals surface area contributed by atoms with Gasteiger partial charge in [-0.3, -0.25) is 9.78 Å². The van der Waals surface area contributed by atoms with E-state index in [-0.39, 0.29) is 5.78 Å². The van der Waals surface area contributed by atoms with Crippen molar-refractivity contribution in [1.29, 1.82) is 0 Å². The molecule has 0 spiro atoms. The van der Waals surface area contributed by atoms with Crippen molar-refractivity contribution in [2.24, 2.45) is 0 Å². The number of nitrogens with zero attached hydrogens (tertiary/aromatic N) is 1. The molecule has 0 aliphatic rings. The van der Waals surface area contributed by atoms with Gasteiger partial charge in [-0.1, -0.05) is 15.9 Å². The molecule has 4 heteroatoms. The summed E-state index contributed by atoms with van der Waals surface area (Å²) >= 11 is 3.46. The number of rotatable bonds is 5. The number of hydrogen-bond donors (Lipinski definition) is 0. The third-order valence-electron chi connectivity index (χ3n) is 2.79. The van der Waals surface area contributed by atoms with E-state index in [2.05, 4.69) is 20.9 Å². The van der Waals surface area contributed by atoms with Crippen LogP contribution >= 0.6 is 15.9 Å². The van der Waals surface area contributed by atoms with Crippen LogP contribution in [0.1, 0.15) is 11.1 Å². The normalized spacial score (nSPS) is 10.2. The van der Waals surface area contributed by atoms with Crippen LogP contribution in [-0.2, 0) is 17.6 Å². The minimum atomic E-state index is 0.167. The molecule has 19 heavy (non-hydrogen) atoms. The Morgan fingerprint density at radius 2 is 1.95 bits per heavy atom. The second-order valence-electron chi connectivity index (χ2n) is 4.21. The lowest BCUT2D eigenvalue weighted by molar-refractivity contribution is -0.117. The first kappa shape index (κ1) is 13.7. The molecule has 0 aliphatic heterocycles. The van der Waals surface area contributed by atoms with Gasteiger partial charge < -0.3 is 4.74 Å². The first-order valence-electron chi connectivity index (χ1n) is 5.92. The lowest BCUT2D eigenvalue weighted by atomic mass is 10.0. The number of ketones is 1. The predicted octanol–water partition coefficient (Wildman–Crippen LogP) is 3.21. The molecule has 2 aromatic rings. The summed E-state index contributed by atoms with van der Waals surface area (Å²) in [6.45, 7) is 0. The van der Waals surface area contributed by atoms with Gasteiger partial charge in [-0.25, -0.2) is 0 Å². The molecule has 1 aromatic carbocycles. The molecule has 0 radical (unpaired) electrons. The lowest BCUT2D eigenvalue weighted by Crippen LogP contribution is -2.07. The van der Waals surface area contributed by atoms with E-state index in [0.29, 0.717) is 12.8 Å². The number of pyridine rings is 1. The Balaban J connectivity index is 2.06. The van der Waals surface area contributed by atoms with Gasteiger partial charge in [0.1, 0.15) is 11.5 Å². The van der Waals surface area contributed by atoms with Gasteiger partial charge in [0.25, 0.3) is 0 Å². The summed E-state index contributed by atoms with van der Waals surface area (Å²) in [6, 6.07) is 9.36. The van der Waals surface area contributed by atoms with Crippen LogP contribution in [-0.4, -0.2) is 17.9 Å². The van der Waals surface area contributed by atoms with Crippen molar-refractivity contribution >= 4 is 21.7 Å². The van der Waals surface area contributed by atoms with Crippen molar-refractivity contribution in [3.8, 4) is 5.75 Å². The highest BCUT2D eigenvalue weighted by molar-refractivity contribution is 9.10. The van der Waals surface area contributed by atoms with Gasteiger partial charge >= 0.3 is 0 Å². The molecular weight excluding hydrogens is 306 g/mol. The number of benzene rings is 1. The Bertz CT molecular complexity index is 570. The molecule has 0 unspecified atom stereocenters. The molecule has 0 atom stereocenters. The van der Waals surface area contributed by atoms with Crippen LogP contribution in [0.4, 0.5) is 0 Å². The van der Waals surface area contributed by atoms with Crippen LogP contribution < -0.4 is 4.74 Å². The fraction of sp³-hybridized carbons (Fsp3) is 0.200. The first-order chi connectivity index (χ1) is 9.19. The zero-order valence-electron chi connectivity index (χ0n) is 10.6. The summed E-state index contributed by atoms with van der Waals surface area (Å²) in [4.78, 5) is 16.0. The summed E-state index contributed by atoms with van der Waals surface area (Å²) in [5, 5.41) is 0. The zero-order chi connectivity index (χ0) is 13.7. The highest BCUT2D eigenvalue weighted by Gasteiger charge is 2.09. The number of methoxy groups -OCH3 is 1. The number of ether oxygens (including phenoxy) is 1. The molecule has 3 nitrogen and oxygen atoms in total. The Morgan fingerprint density at radius 3 is 2.63 bits per heavy atom. The highest BCUT2D eigenvalue weighted by atomic mass is 79.9. The van der Waals surface area contributed by atoms with Crippen molar-refractivity contribution in [2.45, 2.75) is 12.8 Å². The maximum absolute atomic E-state index is 12.1. The number of carbonyl (C=O) groups is 1. The summed E-state index contributed by atoms with van der Waals surface area (Å²) < 4.78 is 6.10. The van der Waals surface area contributed by atoms with Crippen molar-refractivity contribution in [2.75, 3.05) is 7.11 Å². The molecule has 0 amide bonds. The molecule has 1 heterocycles. The number of halogens is 1. The van der Waals surface area contributed by atoms with Crippen LogP contribution in [0.2, 0.25) is 0 Å². The molecule has 0 aliphatic carbocycles. The van der Waals surface area contributed by atoms with Crippen LogP contribution in [0.3, 0.4) is 0 Å². The largest absolute Gasteiger partial charge is 0.497 e. The van der Waals surface area contributed by atoms with E-state index in [9.17, 15) is 4.79 Å². The first-order valence-corrected chi connectivity index (χ1v) is 6.71. The summed E-state index contributed by atoms with van der Waals surface area (Å²) in [5.74, 6) is 0.926. The van der Waals surface area contributed by atoms with E-state index in [1.165, 1.54) is 0 Å². The van der Waals surface area contributed by atoms with Gasteiger partial charge in [-0.2, -0.15) is 0 Å². The quantitative estimate of drug-likeness (QED) is 0.849. The van der Waals surface area contributed by atoms with Crippen molar-refractivity contribution in [3.63, 3.8) is 0 Å². The van der Waals surface area contributed by atoms with Gasteiger partial charge in [-0.15, -0.1) is 0 Å². The van der Waals surface area contributed by atoms with Crippen molar-refractivity contribution < 1.29 is 9.53 Å². The van der Waals surface area contributed by atoms with Crippen molar-refractivity contribution in [1.82, 2.24) is 4.98 Å². The molecule has 0 N–H and O–H groups in total. The smallest absolute Gasteiger partial charge is 0.141 e. The maximum Gasteiger partial charge on any atom is 0.141 e. The van der Waals surface area contributed by atoms with E-state index < -0.39 is 0 Å². The van der Waals surface area contributed by atoms with Gasteiger partial charge in [-0.05, 0) is 41.5 Å². The molecular formula is C15H14BrNO2. The average Bonchev–Trinajstić information content (AvgIpc) is 2.42.